The van der Waals surface area contributed by atoms with Gasteiger partial charge in [-0.25, -0.2) is 0 Å². The van der Waals surface area contributed by atoms with E-state index < -0.39 is 0 Å². The Morgan fingerprint density at radius 1 is 1.11 bits per heavy atom. The van der Waals surface area contributed by atoms with Crippen molar-refractivity contribution < 1.29 is 4.74 Å². The van der Waals surface area contributed by atoms with E-state index in [1.54, 1.807) is 0 Å². The summed E-state index contributed by atoms with van der Waals surface area (Å²) in [6.07, 6.45) is 8.56. The Kier molecular flexibility index (Phi) is 4.22. The Balaban J connectivity index is 1.46. The average molecular weight is 252 g/mol. The van der Waals surface area contributed by atoms with Crippen molar-refractivity contribution in [1.82, 2.24) is 9.80 Å². The lowest BCUT2D eigenvalue weighted by atomic mass is 10.0. The van der Waals surface area contributed by atoms with Crippen molar-refractivity contribution in [3.05, 3.63) is 0 Å². The molecule has 0 saturated carbocycles. The minimum absolute atomic E-state index is 0.549. The van der Waals surface area contributed by atoms with E-state index in [9.17, 15) is 0 Å². The Morgan fingerprint density at radius 2 is 2.06 bits per heavy atom. The highest BCUT2D eigenvalue weighted by atomic mass is 16.5. The molecule has 3 fully saturated rings. The highest BCUT2D eigenvalue weighted by molar-refractivity contribution is 4.90. The van der Waals surface area contributed by atoms with Gasteiger partial charge in [0.05, 0.1) is 6.10 Å². The number of nitrogens with zero attached hydrogens (tertiary/aromatic N) is 2. The second-order valence-corrected chi connectivity index (χ2v) is 6.41. The maximum Gasteiger partial charge on any atom is 0.0587 e. The monoisotopic (exact) mass is 252 g/mol. The van der Waals surface area contributed by atoms with Crippen LogP contribution < -0.4 is 0 Å². The van der Waals surface area contributed by atoms with Gasteiger partial charge in [0.15, 0.2) is 0 Å². The lowest BCUT2D eigenvalue weighted by Gasteiger charge is -2.42. The molecule has 0 aromatic carbocycles. The average Bonchev–Trinajstić information content (AvgIpc) is 2.84. The first-order valence-corrected chi connectivity index (χ1v) is 7.92. The fourth-order valence-corrected chi connectivity index (χ4v) is 3.90. The number of hydrogen-bond donors (Lipinski definition) is 0. The molecule has 0 N–H and O–H groups in total. The van der Waals surface area contributed by atoms with E-state index in [1.807, 2.05) is 0 Å². The minimum Gasteiger partial charge on any atom is -0.378 e. The largest absolute Gasteiger partial charge is 0.378 e. The van der Waals surface area contributed by atoms with Gasteiger partial charge in [0, 0.05) is 38.3 Å². The summed E-state index contributed by atoms with van der Waals surface area (Å²) in [6.45, 7) is 8.57. The molecule has 18 heavy (non-hydrogen) atoms. The van der Waals surface area contributed by atoms with Gasteiger partial charge in [-0.05, 0) is 52.0 Å². The molecule has 3 nitrogen and oxygen atoms in total. The molecule has 0 aromatic rings. The van der Waals surface area contributed by atoms with Crippen molar-refractivity contribution >= 4 is 0 Å². The van der Waals surface area contributed by atoms with Gasteiger partial charge in [-0.3, -0.25) is 9.80 Å². The normalized spacial score (nSPS) is 38.8. The van der Waals surface area contributed by atoms with Gasteiger partial charge < -0.3 is 4.74 Å². The Bertz CT molecular complexity index is 265. The van der Waals surface area contributed by atoms with E-state index >= 15 is 0 Å². The molecule has 3 saturated heterocycles. The van der Waals surface area contributed by atoms with Crippen LogP contribution in [-0.2, 0) is 4.74 Å². The molecule has 0 aliphatic carbocycles. The molecule has 3 rings (SSSR count). The fourth-order valence-electron chi connectivity index (χ4n) is 3.90. The molecule has 3 heteroatoms. The summed E-state index contributed by atoms with van der Waals surface area (Å²) in [7, 11) is 0. The predicted octanol–water partition coefficient (Wildman–Crippen LogP) is 2.11. The fraction of sp³-hybridized carbons (Fsp3) is 1.00. The van der Waals surface area contributed by atoms with Crippen LogP contribution in [0.3, 0.4) is 0 Å². The van der Waals surface area contributed by atoms with Crippen molar-refractivity contribution in [1.29, 1.82) is 0 Å². The molecular weight excluding hydrogens is 224 g/mol. The van der Waals surface area contributed by atoms with Crippen molar-refractivity contribution in [3.63, 3.8) is 0 Å². The lowest BCUT2D eigenvalue weighted by Crippen LogP contribution is -2.55. The zero-order chi connectivity index (χ0) is 12.4. The van der Waals surface area contributed by atoms with Gasteiger partial charge in [0.2, 0.25) is 0 Å². The van der Waals surface area contributed by atoms with Gasteiger partial charge in [-0.15, -0.1) is 0 Å². The number of piperazine rings is 1. The molecule has 0 radical (unpaired) electrons. The molecule has 0 bridgehead atoms. The topological polar surface area (TPSA) is 15.7 Å². The lowest BCUT2D eigenvalue weighted by molar-refractivity contribution is -0.00636. The van der Waals surface area contributed by atoms with E-state index in [2.05, 4.69) is 16.7 Å². The van der Waals surface area contributed by atoms with Gasteiger partial charge in [-0.2, -0.15) is 0 Å². The van der Waals surface area contributed by atoms with Crippen LogP contribution in [0, 0.1) is 0 Å². The molecule has 0 aromatic heterocycles. The van der Waals surface area contributed by atoms with E-state index in [0.717, 1.165) is 18.7 Å². The third-order valence-corrected chi connectivity index (χ3v) is 5.08. The summed E-state index contributed by atoms with van der Waals surface area (Å²) in [4.78, 5) is 5.42. The van der Waals surface area contributed by atoms with Crippen LogP contribution >= 0.6 is 0 Å². The van der Waals surface area contributed by atoms with Crippen molar-refractivity contribution in [2.45, 2.75) is 63.6 Å². The van der Waals surface area contributed by atoms with Crippen molar-refractivity contribution in [2.75, 3.05) is 32.8 Å². The second-order valence-electron chi connectivity index (χ2n) is 6.41. The standard InChI is InChI=1S/C15H28N2O/c1-13-11-17-8-4-5-14(17)12-16(13)9-7-15-6-2-3-10-18-15/h13-15H,2-12H2,1H3. The number of hydrogen-bond acceptors (Lipinski definition) is 3. The molecule has 3 aliphatic heterocycles. The molecule has 0 spiro atoms. The maximum absolute atomic E-state index is 5.85. The summed E-state index contributed by atoms with van der Waals surface area (Å²) >= 11 is 0. The molecule has 3 heterocycles. The SMILES string of the molecule is CC1CN2CCCC2CN1CCC1CCCCO1. The van der Waals surface area contributed by atoms with Crippen LogP contribution in [0.25, 0.3) is 0 Å². The zero-order valence-electron chi connectivity index (χ0n) is 11.8. The van der Waals surface area contributed by atoms with Gasteiger partial charge in [0.1, 0.15) is 0 Å². The van der Waals surface area contributed by atoms with Crippen LogP contribution in [0.5, 0.6) is 0 Å². The number of rotatable bonds is 3. The molecule has 3 unspecified atom stereocenters. The molecule has 104 valence electrons. The van der Waals surface area contributed by atoms with E-state index in [1.165, 1.54) is 64.7 Å². The molecule has 3 atom stereocenters. The van der Waals surface area contributed by atoms with Crippen LogP contribution in [0.1, 0.15) is 45.4 Å². The predicted molar refractivity (Wildman–Crippen MR) is 73.8 cm³/mol. The third-order valence-electron chi connectivity index (χ3n) is 5.08. The first kappa shape index (κ1) is 12.9. The van der Waals surface area contributed by atoms with E-state index in [-0.39, 0.29) is 0 Å². The maximum atomic E-state index is 5.85. The van der Waals surface area contributed by atoms with Crippen molar-refractivity contribution in [3.8, 4) is 0 Å². The molecular formula is C15H28N2O. The Morgan fingerprint density at radius 3 is 2.89 bits per heavy atom. The summed E-state index contributed by atoms with van der Waals surface area (Å²) in [6, 6.07) is 1.59. The first-order valence-electron chi connectivity index (χ1n) is 7.92. The van der Waals surface area contributed by atoms with E-state index in [0.29, 0.717) is 6.10 Å². The Hall–Kier alpha value is -0.120. The van der Waals surface area contributed by atoms with Crippen LogP contribution in [0.2, 0.25) is 0 Å². The van der Waals surface area contributed by atoms with Gasteiger partial charge >= 0.3 is 0 Å². The van der Waals surface area contributed by atoms with E-state index in [4.69, 9.17) is 4.74 Å². The quantitative estimate of drug-likeness (QED) is 0.765. The zero-order valence-corrected chi connectivity index (χ0v) is 11.8. The van der Waals surface area contributed by atoms with Gasteiger partial charge in [0.25, 0.3) is 0 Å². The highest BCUT2D eigenvalue weighted by Gasteiger charge is 2.34. The van der Waals surface area contributed by atoms with Crippen molar-refractivity contribution in [2.24, 2.45) is 0 Å². The number of ether oxygens (including phenoxy) is 1. The smallest absolute Gasteiger partial charge is 0.0587 e. The van der Waals surface area contributed by atoms with Crippen LogP contribution in [0.4, 0.5) is 0 Å². The number of fused-ring (bicyclic) bond motifs is 1. The summed E-state index contributed by atoms with van der Waals surface area (Å²) < 4.78 is 5.85. The first-order chi connectivity index (χ1) is 8.83. The third kappa shape index (κ3) is 2.89. The van der Waals surface area contributed by atoms with Crippen LogP contribution in [0.15, 0.2) is 0 Å². The molecule has 0 amide bonds. The second kappa shape index (κ2) is 5.89. The molecule has 3 aliphatic rings. The van der Waals surface area contributed by atoms with Crippen LogP contribution in [-0.4, -0.2) is 60.8 Å². The Labute approximate surface area is 111 Å². The summed E-state index contributed by atoms with van der Waals surface area (Å²) in [5.74, 6) is 0. The minimum atomic E-state index is 0.549. The summed E-state index contributed by atoms with van der Waals surface area (Å²) in [5.41, 5.74) is 0. The van der Waals surface area contributed by atoms with Gasteiger partial charge in [-0.1, -0.05) is 0 Å². The highest BCUT2D eigenvalue weighted by Crippen LogP contribution is 2.25. The summed E-state index contributed by atoms with van der Waals surface area (Å²) in [5, 5.41) is 0.